The molecule has 0 fully saturated rings. The summed E-state index contributed by atoms with van der Waals surface area (Å²) in [5.41, 5.74) is 0.666. The van der Waals surface area contributed by atoms with Crippen molar-refractivity contribution in [3.05, 3.63) is 22.7 Å². The maximum Gasteiger partial charge on any atom is 0.501 e. The number of carbonyl (C=O) groups is 1. The van der Waals surface area contributed by atoms with Crippen molar-refractivity contribution in [2.75, 3.05) is 21.9 Å². The van der Waals surface area contributed by atoms with Crippen LogP contribution >= 0.6 is 11.3 Å². The van der Waals surface area contributed by atoms with Crippen LogP contribution in [0.25, 0.3) is 0 Å². The van der Waals surface area contributed by atoms with Crippen molar-refractivity contribution in [3.63, 3.8) is 0 Å². The number of carbonyl (C=O) groups excluding carboxylic acids is 1. The van der Waals surface area contributed by atoms with E-state index in [1.165, 1.54) is 12.1 Å². The van der Waals surface area contributed by atoms with Gasteiger partial charge < -0.3 is 9.64 Å². The van der Waals surface area contributed by atoms with Gasteiger partial charge in [-0.1, -0.05) is 25.2 Å². The van der Waals surface area contributed by atoms with Crippen LogP contribution < -0.4 is 9.62 Å². The Morgan fingerprint density at radius 3 is 2.34 bits per heavy atom. The van der Waals surface area contributed by atoms with E-state index in [0.717, 1.165) is 12.8 Å². The Morgan fingerprint density at radius 2 is 1.76 bits per heavy atom. The monoisotopic (exact) mass is 638 g/mol. The third-order valence-electron chi connectivity index (χ3n) is 5.74. The van der Waals surface area contributed by atoms with Crippen LogP contribution in [0, 0.1) is 0 Å². The highest BCUT2D eigenvalue weighted by molar-refractivity contribution is 7.92. The number of rotatable bonds is 10. The van der Waals surface area contributed by atoms with E-state index in [1.54, 1.807) is 0 Å². The Kier molecular flexibility index (Phi) is 9.46. The molecule has 0 bridgehead atoms. The van der Waals surface area contributed by atoms with Gasteiger partial charge in [0, 0.05) is 18.3 Å². The first-order valence-electron chi connectivity index (χ1n) is 11.8. The maximum absolute atomic E-state index is 13.0. The second kappa shape index (κ2) is 12.0. The lowest BCUT2D eigenvalue weighted by molar-refractivity contribution is -0.370. The number of aryl methyl sites for hydroxylation is 1. The minimum atomic E-state index is -6.18. The molecule has 20 heteroatoms. The molecule has 2 heterocycles. The zero-order valence-corrected chi connectivity index (χ0v) is 22.8. The largest absolute Gasteiger partial charge is 0.501 e. The molecule has 0 atom stereocenters. The van der Waals surface area contributed by atoms with Gasteiger partial charge in [-0.05, 0) is 43.4 Å². The minimum Gasteiger partial charge on any atom is -0.388 e. The molecule has 0 saturated carbocycles. The van der Waals surface area contributed by atoms with Crippen molar-refractivity contribution in [3.8, 4) is 0 Å². The predicted octanol–water partition coefficient (Wildman–Crippen LogP) is 6.51. The van der Waals surface area contributed by atoms with E-state index in [-0.39, 0.29) is 28.8 Å². The van der Waals surface area contributed by atoms with Gasteiger partial charge in [0.15, 0.2) is 5.75 Å². The van der Waals surface area contributed by atoms with Crippen LogP contribution in [0.15, 0.2) is 22.4 Å². The lowest BCUT2D eigenvalue weighted by Gasteiger charge is -2.38. The molecule has 1 aromatic carbocycles. The van der Waals surface area contributed by atoms with Gasteiger partial charge in [0.25, 0.3) is 5.13 Å². The smallest absolute Gasteiger partial charge is 0.388 e. The number of azo groups is 1. The van der Waals surface area contributed by atoms with Crippen LogP contribution in [-0.4, -0.2) is 61.4 Å². The van der Waals surface area contributed by atoms with Crippen LogP contribution in [0.2, 0.25) is 0 Å². The lowest BCUT2D eigenvalue weighted by Crippen LogP contribution is -2.40. The van der Waals surface area contributed by atoms with E-state index in [0.29, 0.717) is 30.6 Å². The molecule has 228 valence electrons. The van der Waals surface area contributed by atoms with E-state index in [2.05, 4.69) is 25.2 Å². The number of alkyl halides is 8. The van der Waals surface area contributed by atoms with E-state index in [1.807, 2.05) is 23.5 Å². The fraction of sp³-hybridized carbons (Fsp3) is 0.571. The van der Waals surface area contributed by atoms with Crippen molar-refractivity contribution in [1.29, 1.82) is 0 Å². The molecule has 1 aliphatic rings. The van der Waals surface area contributed by atoms with Crippen molar-refractivity contribution in [1.82, 2.24) is 10.2 Å². The fourth-order valence-corrected chi connectivity index (χ4v) is 5.54. The topological polar surface area (TPSA) is 126 Å². The van der Waals surface area contributed by atoms with Gasteiger partial charge in [0.05, 0.1) is 5.69 Å². The standard InChI is InChI=1S/C21H22F8N6O4S2/c1-3-12(4-2)35-7-5-6-11-8-13(14(9-15(11)35)34-41(37,38)10-19(22,23)24)30-32-18-33-31-16(40-18)17(36)39-21(28,29)20(25,26)27/h8-9,12,34H,3-7,10H2,1-2H3. The van der Waals surface area contributed by atoms with Crippen LogP contribution in [0.4, 0.5) is 57.3 Å². The molecule has 10 nitrogen and oxygen atoms in total. The van der Waals surface area contributed by atoms with Crippen molar-refractivity contribution >= 4 is 49.5 Å². The van der Waals surface area contributed by atoms with E-state index < -0.39 is 50.3 Å². The summed E-state index contributed by atoms with van der Waals surface area (Å²) in [5, 5.41) is 12.3. The molecular formula is C21H22F8N6O4S2. The summed E-state index contributed by atoms with van der Waals surface area (Å²) in [4.78, 5) is 13.7. The van der Waals surface area contributed by atoms with Gasteiger partial charge in [-0.25, -0.2) is 13.2 Å². The molecule has 0 saturated heterocycles. The Hall–Kier alpha value is -3.16. The third-order valence-corrected chi connectivity index (χ3v) is 7.76. The molecule has 2 aromatic rings. The highest BCUT2D eigenvalue weighted by Gasteiger charge is 2.62. The second-order valence-electron chi connectivity index (χ2n) is 8.74. The number of benzene rings is 1. The van der Waals surface area contributed by atoms with Gasteiger partial charge in [-0.15, -0.1) is 20.4 Å². The van der Waals surface area contributed by atoms with Gasteiger partial charge in [0.2, 0.25) is 15.0 Å². The Labute approximate surface area is 231 Å². The number of halogens is 8. The summed E-state index contributed by atoms with van der Waals surface area (Å²) in [6.07, 6.45) is -14.3. The van der Waals surface area contributed by atoms with Crippen molar-refractivity contribution in [2.45, 2.75) is 64.0 Å². The first-order chi connectivity index (χ1) is 18.9. The van der Waals surface area contributed by atoms with Gasteiger partial charge in [-0.2, -0.15) is 35.1 Å². The Balaban J connectivity index is 1.97. The summed E-state index contributed by atoms with van der Waals surface area (Å²) in [6.45, 7) is 4.52. The third kappa shape index (κ3) is 8.20. The summed E-state index contributed by atoms with van der Waals surface area (Å²) < 4.78 is 131. The molecule has 0 spiro atoms. The number of nitrogens with one attached hydrogen (secondary N) is 1. The SMILES string of the molecule is CCC(CC)N1CCCc2cc(N=Nc3nnc(C(=O)OC(F)(F)C(F)(F)F)s3)c(NS(=O)(=O)CC(F)(F)F)cc21. The number of esters is 1. The highest BCUT2D eigenvalue weighted by atomic mass is 32.2. The Morgan fingerprint density at radius 1 is 1.10 bits per heavy atom. The van der Waals surface area contributed by atoms with Crippen LogP contribution in [-0.2, 0) is 21.2 Å². The van der Waals surface area contributed by atoms with Gasteiger partial charge in [0.1, 0.15) is 5.69 Å². The molecule has 0 aliphatic carbocycles. The minimum absolute atomic E-state index is 0.0606. The first-order valence-corrected chi connectivity index (χ1v) is 14.3. The molecule has 1 N–H and O–H groups in total. The number of sulfonamides is 1. The highest BCUT2D eigenvalue weighted by Crippen LogP contribution is 2.40. The van der Waals surface area contributed by atoms with E-state index in [4.69, 9.17) is 0 Å². The zero-order chi connectivity index (χ0) is 30.8. The maximum atomic E-state index is 13.0. The Bertz CT molecular complexity index is 1390. The normalized spacial score (nSPS) is 15.0. The zero-order valence-electron chi connectivity index (χ0n) is 21.2. The summed E-state index contributed by atoms with van der Waals surface area (Å²) >= 11 is 0.124. The average Bonchev–Trinajstić information content (AvgIpc) is 3.30. The van der Waals surface area contributed by atoms with E-state index in [9.17, 15) is 48.3 Å². The van der Waals surface area contributed by atoms with Gasteiger partial charge in [-0.3, -0.25) is 4.72 Å². The van der Waals surface area contributed by atoms with Crippen LogP contribution in [0.3, 0.4) is 0 Å². The molecular weight excluding hydrogens is 616 g/mol. The van der Waals surface area contributed by atoms with Crippen molar-refractivity contribution < 1.29 is 53.1 Å². The summed E-state index contributed by atoms with van der Waals surface area (Å²) in [5.74, 6) is -4.34. The number of ether oxygens (including phenoxy) is 1. The molecule has 0 radical (unpaired) electrons. The number of nitrogens with zero attached hydrogens (tertiary/aromatic N) is 5. The number of aromatic nitrogens is 2. The van der Waals surface area contributed by atoms with Crippen LogP contribution in [0.1, 0.15) is 48.5 Å². The molecule has 1 aliphatic heterocycles. The first kappa shape index (κ1) is 32.4. The molecule has 1 aromatic heterocycles. The molecule has 3 rings (SSSR count). The summed E-state index contributed by atoms with van der Waals surface area (Å²) in [6, 6.07) is 2.79. The number of hydrogen-bond donors (Lipinski definition) is 1. The van der Waals surface area contributed by atoms with Crippen molar-refractivity contribution in [2.24, 2.45) is 10.2 Å². The average molecular weight is 639 g/mol. The van der Waals surface area contributed by atoms with Crippen LogP contribution in [0.5, 0.6) is 0 Å². The predicted molar refractivity (Wildman–Crippen MR) is 130 cm³/mol. The fourth-order valence-electron chi connectivity index (χ4n) is 3.99. The molecule has 0 unspecified atom stereocenters. The summed E-state index contributed by atoms with van der Waals surface area (Å²) in [7, 11) is -4.95. The molecule has 41 heavy (non-hydrogen) atoms. The van der Waals surface area contributed by atoms with Gasteiger partial charge >= 0.3 is 24.4 Å². The number of fused-ring (bicyclic) bond motifs is 1. The quantitative estimate of drug-likeness (QED) is 0.179. The second-order valence-corrected chi connectivity index (χ2v) is 11.4. The van der Waals surface area contributed by atoms with E-state index >= 15 is 0 Å². The number of hydrogen-bond acceptors (Lipinski definition) is 10. The lowest BCUT2D eigenvalue weighted by atomic mass is 9.97. The molecule has 0 amide bonds. The number of anilines is 2.